The molecule has 2 aliphatic rings. The van der Waals surface area contributed by atoms with Crippen molar-refractivity contribution in [2.75, 3.05) is 13.2 Å². The van der Waals surface area contributed by atoms with Crippen LogP contribution >= 0.6 is 0 Å². The van der Waals surface area contributed by atoms with E-state index < -0.39 is 30.3 Å². The lowest BCUT2D eigenvalue weighted by Crippen LogP contribution is -2.60. The highest BCUT2D eigenvalue weighted by atomic mass is 16.5. The number of amides is 2. The minimum absolute atomic E-state index is 0.0566. The van der Waals surface area contributed by atoms with Crippen molar-refractivity contribution in [3.05, 3.63) is 47.7 Å². The zero-order valence-corrected chi connectivity index (χ0v) is 22.8. The molecular weight excluding hydrogens is 484 g/mol. The smallest absolute Gasteiger partial charge is 0.325 e. The molecule has 0 aliphatic carbocycles. The number of fused-ring (bicyclic) bond motifs is 4. The molecule has 0 spiro atoms. The van der Waals surface area contributed by atoms with Crippen LogP contribution < -0.4 is 10.7 Å². The van der Waals surface area contributed by atoms with Crippen LogP contribution in [0.2, 0.25) is 0 Å². The predicted octanol–water partition coefficient (Wildman–Crippen LogP) is 3.54. The van der Waals surface area contributed by atoms with Crippen molar-refractivity contribution in [3.8, 4) is 0 Å². The summed E-state index contributed by atoms with van der Waals surface area (Å²) in [5, 5.41) is 5.19. The van der Waals surface area contributed by atoms with Crippen LogP contribution in [-0.2, 0) is 23.9 Å². The standard InChI is InChI=1S/C29H38N4O5/c1-17(2)26-27(34)30-19(4)28(35)33-14-6-7-24(32-33)29(36)38-20(5)23-13-12-22-11-10-21(15-25(22)31-23)9-8-18(3)16-37-26/h8-13,15,17-20,24,26,32H,6-7,14,16H2,1-5H3,(H,30,34). The molecule has 0 radical (unpaired) electrons. The Kier molecular flexibility index (Phi) is 8.79. The second kappa shape index (κ2) is 12.0. The molecule has 2 amide bonds. The van der Waals surface area contributed by atoms with Crippen molar-refractivity contribution in [2.45, 2.75) is 71.8 Å². The van der Waals surface area contributed by atoms with Gasteiger partial charge >= 0.3 is 5.97 Å². The van der Waals surface area contributed by atoms with Crippen LogP contribution in [0.4, 0.5) is 0 Å². The summed E-state index contributed by atoms with van der Waals surface area (Å²) in [7, 11) is 0. The molecule has 38 heavy (non-hydrogen) atoms. The number of carbonyl (C=O) groups excluding carboxylic acids is 3. The van der Waals surface area contributed by atoms with E-state index in [1.54, 1.807) is 13.8 Å². The fourth-order valence-corrected chi connectivity index (χ4v) is 4.66. The van der Waals surface area contributed by atoms with E-state index in [0.717, 1.165) is 16.5 Å². The first-order valence-electron chi connectivity index (χ1n) is 13.4. The van der Waals surface area contributed by atoms with Crippen molar-refractivity contribution in [1.82, 2.24) is 20.7 Å². The highest BCUT2D eigenvalue weighted by Gasteiger charge is 2.33. The van der Waals surface area contributed by atoms with Crippen LogP contribution in [0.5, 0.6) is 0 Å². The van der Waals surface area contributed by atoms with Gasteiger partial charge < -0.3 is 14.8 Å². The summed E-state index contributed by atoms with van der Waals surface area (Å²) in [6.07, 6.45) is 3.97. The number of rotatable bonds is 1. The van der Waals surface area contributed by atoms with Gasteiger partial charge in [0.05, 0.1) is 17.8 Å². The summed E-state index contributed by atoms with van der Waals surface area (Å²) < 4.78 is 11.8. The van der Waals surface area contributed by atoms with Gasteiger partial charge in [-0.2, -0.15) is 0 Å². The minimum Gasteiger partial charge on any atom is -0.455 e. The number of carbonyl (C=O) groups is 3. The first-order valence-corrected chi connectivity index (χ1v) is 13.4. The number of hydrogen-bond acceptors (Lipinski definition) is 7. The third-order valence-electron chi connectivity index (χ3n) is 6.93. The van der Waals surface area contributed by atoms with Crippen molar-refractivity contribution in [1.29, 1.82) is 0 Å². The molecule has 2 aromatic rings. The van der Waals surface area contributed by atoms with Crippen LogP contribution in [0, 0.1) is 11.8 Å². The number of pyridine rings is 1. The Bertz CT molecular complexity index is 1210. The van der Waals surface area contributed by atoms with Gasteiger partial charge in [-0.25, -0.2) is 10.4 Å². The van der Waals surface area contributed by atoms with Crippen molar-refractivity contribution in [3.63, 3.8) is 0 Å². The maximum absolute atomic E-state index is 13.1. The molecule has 3 heterocycles. The molecule has 9 heteroatoms. The summed E-state index contributed by atoms with van der Waals surface area (Å²) in [4.78, 5) is 43.9. The largest absolute Gasteiger partial charge is 0.455 e. The fourth-order valence-electron chi connectivity index (χ4n) is 4.66. The van der Waals surface area contributed by atoms with Gasteiger partial charge in [-0.1, -0.05) is 51.1 Å². The summed E-state index contributed by atoms with van der Waals surface area (Å²) in [5.74, 6) is -1.12. The third kappa shape index (κ3) is 6.57. The van der Waals surface area contributed by atoms with E-state index >= 15 is 0 Å². The molecule has 2 aliphatic heterocycles. The number of esters is 1. The number of hydrogen-bond donors (Lipinski definition) is 2. The molecule has 1 aromatic carbocycles. The maximum Gasteiger partial charge on any atom is 0.325 e. The number of benzene rings is 1. The molecular formula is C29H38N4O5. The molecule has 0 saturated carbocycles. The first kappa shape index (κ1) is 27.7. The first-order chi connectivity index (χ1) is 18.1. The Morgan fingerprint density at radius 2 is 1.84 bits per heavy atom. The normalized spacial score (nSPS) is 27.9. The number of cyclic esters (lactones) is 1. The van der Waals surface area contributed by atoms with E-state index in [4.69, 9.17) is 14.5 Å². The number of ether oxygens (including phenoxy) is 2. The summed E-state index contributed by atoms with van der Waals surface area (Å²) >= 11 is 0. The van der Waals surface area contributed by atoms with Gasteiger partial charge in [-0.15, -0.1) is 0 Å². The molecule has 204 valence electrons. The molecule has 2 N–H and O–H groups in total. The van der Waals surface area contributed by atoms with E-state index in [1.807, 2.05) is 63.3 Å². The highest BCUT2D eigenvalue weighted by molar-refractivity contribution is 5.89. The summed E-state index contributed by atoms with van der Waals surface area (Å²) in [6, 6.07) is 8.41. The van der Waals surface area contributed by atoms with Gasteiger partial charge in [0.15, 0.2) is 0 Å². The average molecular weight is 523 g/mol. The average Bonchev–Trinajstić information content (AvgIpc) is 2.90. The molecule has 5 bridgehead atoms. The Hall–Kier alpha value is -3.30. The van der Waals surface area contributed by atoms with Gasteiger partial charge in [0, 0.05) is 11.9 Å². The second-order valence-electron chi connectivity index (χ2n) is 10.6. The quantitative estimate of drug-likeness (QED) is 0.551. The van der Waals surface area contributed by atoms with Gasteiger partial charge in [-0.3, -0.25) is 19.4 Å². The van der Waals surface area contributed by atoms with Crippen molar-refractivity contribution >= 4 is 34.8 Å². The SMILES string of the molecule is CC1C=Cc2ccc3ccc(nc3c2)C(C)OC(=O)C2CCCN(N2)C(=O)C(C)NC(=O)C(C(C)C)OC1. The Morgan fingerprint density at radius 3 is 2.61 bits per heavy atom. The van der Waals surface area contributed by atoms with E-state index in [2.05, 4.69) is 10.7 Å². The molecule has 9 nitrogen and oxygen atoms in total. The lowest BCUT2D eigenvalue weighted by atomic mass is 10.0. The van der Waals surface area contributed by atoms with Crippen LogP contribution in [0.15, 0.2) is 36.4 Å². The van der Waals surface area contributed by atoms with Gasteiger partial charge in [0.2, 0.25) is 5.91 Å². The van der Waals surface area contributed by atoms with Gasteiger partial charge in [0.1, 0.15) is 24.3 Å². The molecule has 1 saturated heterocycles. The molecule has 1 aromatic heterocycles. The summed E-state index contributed by atoms with van der Waals surface area (Å²) in [6.45, 7) is 10.1. The second-order valence-corrected chi connectivity index (χ2v) is 10.6. The molecule has 1 fully saturated rings. The molecule has 4 rings (SSSR count). The lowest BCUT2D eigenvalue weighted by molar-refractivity contribution is -0.157. The lowest BCUT2D eigenvalue weighted by Gasteiger charge is -2.35. The Balaban J connectivity index is 1.64. The number of aromatic nitrogens is 1. The Morgan fingerprint density at radius 1 is 1.08 bits per heavy atom. The fraction of sp³-hybridized carbons (Fsp3) is 0.517. The topological polar surface area (TPSA) is 110 Å². The molecule has 5 unspecified atom stereocenters. The van der Waals surface area contributed by atoms with Crippen LogP contribution in [0.1, 0.15) is 64.8 Å². The van der Waals surface area contributed by atoms with E-state index in [-0.39, 0.29) is 23.7 Å². The minimum atomic E-state index is -0.790. The van der Waals surface area contributed by atoms with E-state index in [9.17, 15) is 14.4 Å². The van der Waals surface area contributed by atoms with Crippen molar-refractivity contribution < 1.29 is 23.9 Å². The van der Waals surface area contributed by atoms with Crippen LogP contribution in [0.25, 0.3) is 17.0 Å². The summed E-state index contributed by atoms with van der Waals surface area (Å²) in [5.41, 5.74) is 5.45. The number of nitrogens with one attached hydrogen (secondary N) is 2. The number of hydrazine groups is 1. The zero-order valence-electron chi connectivity index (χ0n) is 22.8. The highest BCUT2D eigenvalue weighted by Crippen LogP contribution is 2.23. The third-order valence-corrected chi connectivity index (χ3v) is 6.93. The van der Waals surface area contributed by atoms with Crippen LogP contribution in [0.3, 0.4) is 0 Å². The van der Waals surface area contributed by atoms with Gasteiger partial charge in [-0.05, 0) is 56.2 Å². The maximum atomic E-state index is 13.1. The predicted molar refractivity (Wildman–Crippen MR) is 145 cm³/mol. The van der Waals surface area contributed by atoms with Gasteiger partial charge in [0.25, 0.3) is 5.91 Å². The van der Waals surface area contributed by atoms with E-state index in [1.165, 1.54) is 5.01 Å². The van der Waals surface area contributed by atoms with E-state index in [0.29, 0.717) is 31.7 Å². The Labute approximate surface area is 223 Å². The molecule has 5 atom stereocenters. The number of nitrogens with zero attached hydrogens (tertiary/aromatic N) is 2. The monoisotopic (exact) mass is 522 g/mol. The van der Waals surface area contributed by atoms with Crippen LogP contribution in [-0.4, -0.2) is 59.1 Å². The zero-order chi connectivity index (χ0) is 27.4. The van der Waals surface area contributed by atoms with Crippen molar-refractivity contribution in [2.24, 2.45) is 11.8 Å².